The topological polar surface area (TPSA) is 75.2 Å². The third-order valence-electron chi connectivity index (χ3n) is 3.28. The average molecular weight is 309 g/mol. The molecular weight excluding hydrogens is 292 g/mol. The maximum Gasteiger partial charge on any atom is 0.189 e. The third-order valence-corrected chi connectivity index (χ3v) is 3.50. The van der Waals surface area contributed by atoms with Crippen LogP contribution in [0.15, 0.2) is 18.3 Å². The quantitative estimate of drug-likeness (QED) is 0.939. The molecule has 1 aliphatic rings. The highest BCUT2D eigenvalue weighted by Gasteiger charge is 2.20. The van der Waals surface area contributed by atoms with E-state index >= 15 is 0 Å². The molecule has 2 aromatic rings. The molecule has 1 aromatic carbocycles. The molecule has 0 amide bonds. The van der Waals surface area contributed by atoms with Crippen molar-refractivity contribution >= 4 is 11.6 Å². The van der Waals surface area contributed by atoms with Gasteiger partial charge in [0.15, 0.2) is 6.79 Å². The summed E-state index contributed by atoms with van der Waals surface area (Å²) in [6.45, 7) is 5.06. The third kappa shape index (κ3) is 3.02. The fraction of sp³-hybridized carbons (Fsp3) is 0.429. The molecule has 7 heteroatoms. The van der Waals surface area contributed by atoms with E-state index in [-0.39, 0.29) is 6.79 Å². The summed E-state index contributed by atoms with van der Waals surface area (Å²) >= 11 is 6.15. The standard InChI is InChI=1S/C14H17ClN4O2/c1-14(2,16)12-6-19(18-17-12)5-9-3-11(15)4-10-7-20-8-21-13(9)10/h3-4,6H,5,7-8,16H2,1-2H3. The van der Waals surface area contributed by atoms with Gasteiger partial charge in [0.2, 0.25) is 0 Å². The molecule has 3 rings (SSSR count). The van der Waals surface area contributed by atoms with E-state index in [1.165, 1.54) is 0 Å². The minimum Gasteiger partial charge on any atom is -0.467 e. The summed E-state index contributed by atoms with van der Waals surface area (Å²) in [5.41, 5.74) is 8.14. The van der Waals surface area contributed by atoms with Gasteiger partial charge in [0.05, 0.1) is 24.9 Å². The van der Waals surface area contributed by atoms with Crippen LogP contribution in [-0.2, 0) is 23.4 Å². The molecule has 1 aliphatic heterocycles. The van der Waals surface area contributed by atoms with E-state index in [4.69, 9.17) is 26.8 Å². The zero-order valence-corrected chi connectivity index (χ0v) is 12.7. The number of benzene rings is 1. The normalized spacial score (nSPS) is 14.7. The molecule has 2 N–H and O–H groups in total. The summed E-state index contributed by atoms with van der Waals surface area (Å²) in [6, 6.07) is 3.73. The molecule has 0 spiro atoms. The number of hydrogen-bond acceptors (Lipinski definition) is 5. The lowest BCUT2D eigenvalue weighted by Crippen LogP contribution is -2.29. The van der Waals surface area contributed by atoms with Crippen LogP contribution in [0.25, 0.3) is 0 Å². The van der Waals surface area contributed by atoms with Gasteiger partial charge in [0.1, 0.15) is 11.4 Å². The van der Waals surface area contributed by atoms with Gasteiger partial charge in [-0.2, -0.15) is 0 Å². The summed E-state index contributed by atoms with van der Waals surface area (Å²) in [7, 11) is 0. The van der Waals surface area contributed by atoms with Crippen LogP contribution in [0.3, 0.4) is 0 Å². The molecule has 2 heterocycles. The van der Waals surface area contributed by atoms with E-state index in [0.29, 0.717) is 18.2 Å². The highest BCUT2D eigenvalue weighted by Crippen LogP contribution is 2.32. The van der Waals surface area contributed by atoms with Gasteiger partial charge in [0.25, 0.3) is 0 Å². The number of ether oxygens (including phenoxy) is 2. The lowest BCUT2D eigenvalue weighted by atomic mass is 10.0. The predicted molar refractivity (Wildman–Crippen MR) is 78.1 cm³/mol. The highest BCUT2D eigenvalue weighted by atomic mass is 35.5. The first-order chi connectivity index (χ1) is 9.93. The van der Waals surface area contributed by atoms with E-state index in [1.54, 1.807) is 4.68 Å². The molecule has 0 fully saturated rings. The van der Waals surface area contributed by atoms with E-state index in [2.05, 4.69) is 10.3 Å². The highest BCUT2D eigenvalue weighted by molar-refractivity contribution is 6.30. The Kier molecular flexibility index (Phi) is 3.61. The van der Waals surface area contributed by atoms with Gasteiger partial charge in [-0.25, -0.2) is 4.68 Å². The fourth-order valence-electron chi connectivity index (χ4n) is 2.22. The first kappa shape index (κ1) is 14.3. The molecule has 112 valence electrons. The summed E-state index contributed by atoms with van der Waals surface area (Å²) in [5, 5.41) is 8.87. The molecule has 0 unspecified atom stereocenters. The summed E-state index contributed by atoms with van der Waals surface area (Å²) in [6.07, 6.45) is 1.84. The second kappa shape index (κ2) is 5.29. The molecule has 21 heavy (non-hydrogen) atoms. The van der Waals surface area contributed by atoms with Crippen LogP contribution in [0, 0.1) is 0 Å². The first-order valence-corrected chi connectivity index (χ1v) is 7.02. The number of rotatable bonds is 3. The van der Waals surface area contributed by atoms with Gasteiger partial charge in [-0.3, -0.25) is 0 Å². The SMILES string of the molecule is CC(C)(N)c1cn(Cc2cc(Cl)cc3c2OCOC3)nn1. The van der Waals surface area contributed by atoms with Gasteiger partial charge >= 0.3 is 0 Å². The van der Waals surface area contributed by atoms with Crippen molar-refractivity contribution < 1.29 is 9.47 Å². The zero-order chi connectivity index (χ0) is 15.0. The Bertz CT molecular complexity index is 663. The lowest BCUT2D eigenvalue weighted by molar-refractivity contribution is -0.0171. The van der Waals surface area contributed by atoms with Crippen molar-refractivity contribution in [3.05, 3.63) is 40.2 Å². The Hall–Kier alpha value is -1.63. The van der Waals surface area contributed by atoms with Gasteiger partial charge in [-0.15, -0.1) is 5.10 Å². The van der Waals surface area contributed by atoms with Crippen molar-refractivity contribution in [1.29, 1.82) is 0 Å². The van der Waals surface area contributed by atoms with Crippen LogP contribution >= 0.6 is 11.6 Å². The maximum atomic E-state index is 6.15. The van der Waals surface area contributed by atoms with Crippen molar-refractivity contribution in [3.63, 3.8) is 0 Å². The average Bonchev–Trinajstić information content (AvgIpc) is 2.87. The van der Waals surface area contributed by atoms with E-state index in [0.717, 1.165) is 22.6 Å². The monoisotopic (exact) mass is 308 g/mol. The van der Waals surface area contributed by atoms with Crippen molar-refractivity contribution in [2.24, 2.45) is 5.73 Å². The lowest BCUT2D eigenvalue weighted by Gasteiger charge is -2.21. The van der Waals surface area contributed by atoms with Crippen molar-refractivity contribution in [2.45, 2.75) is 32.5 Å². The van der Waals surface area contributed by atoms with Gasteiger partial charge in [-0.1, -0.05) is 16.8 Å². The van der Waals surface area contributed by atoms with Crippen LogP contribution < -0.4 is 10.5 Å². The largest absolute Gasteiger partial charge is 0.467 e. The summed E-state index contributed by atoms with van der Waals surface area (Å²) in [4.78, 5) is 0. The Morgan fingerprint density at radius 2 is 2.24 bits per heavy atom. The minimum absolute atomic E-state index is 0.250. The molecule has 1 aromatic heterocycles. The molecule has 0 bridgehead atoms. The van der Waals surface area contributed by atoms with Crippen LogP contribution in [0.2, 0.25) is 5.02 Å². The molecule has 0 saturated carbocycles. The van der Waals surface area contributed by atoms with Gasteiger partial charge < -0.3 is 15.2 Å². The van der Waals surface area contributed by atoms with Crippen molar-refractivity contribution in [1.82, 2.24) is 15.0 Å². The van der Waals surface area contributed by atoms with E-state index < -0.39 is 5.54 Å². The van der Waals surface area contributed by atoms with Gasteiger partial charge in [0, 0.05) is 16.1 Å². The first-order valence-electron chi connectivity index (χ1n) is 6.65. The van der Waals surface area contributed by atoms with Crippen LogP contribution in [0.1, 0.15) is 30.7 Å². The van der Waals surface area contributed by atoms with Crippen LogP contribution in [0.4, 0.5) is 0 Å². The molecule has 0 radical (unpaired) electrons. The molecular formula is C14H17ClN4O2. The van der Waals surface area contributed by atoms with Gasteiger partial charge in [-0.05, 0) is 26.0 Å². The Balaban J connectivity index is 1.91. The molecule has 0 aliphatic carbocycles. The maximum absolute atomic E-state index is 6.15. The van der Waals surface area contributed by atoms with Crippen LogP contribution in [0.5, 0.6) is 5.75 Å². The smallest absolute Gasteiger partial charge is 0.189 e. The van der Waals surface area contributed by atoms with E-state index in [1.807, 2.05) is 32.2 Å². The number of aromatic nitrogens is 3. The number of nitrogens with zero attached hydrogens (tertiary/aromatic N) is 3. The number of fused-ring (bicyclic) bond motifs is 1. The fourth-order valence-corrected chi connectivity index (χ4v) is 2.48. The molecule has 0 saturated heterocycles. The van der Waals surface area contributed by atoms with Crippen molar-refractivity contribution in [2.75, 3.05) is 6.79 Å². The zero-order valence-electron chi connectivity index (χ0n) is 12.0. The summed E-state index contributed by atoms with van der Waals surface area (Å²) in [5.74, 6) is 0.815. The molecule has 0 atom stereocenters. The second-order valence-corrected chi connectivity index (χ2v) is 6.12. The Morgan fingerprint density at radius 3 is 2.95 bits per heavy atom. The summed E-state index contributed by atoms with van der Waals surface area (Å²) < 4.78 is 12.6. The number of hydrogen-bond donors (Lipinski definition) is 1. The van der Waals surface area contributed by atoms with E-state index in [9.17, 15) is 0 Å². The number of halogens is 1. The Labute approximate surface area is 127 Å². The second-order valence-electron chi connectivity index (χ2n) is 5.69. The minimum atomic E-state index is -0.518. The van der Waals surface area contributed by atoms with Crippen molar-refractivity contribution in [3.8, 4) is 5.75 Å². The number of nitrogens with two attached hydrogens (primary N) is 1. The Morgan fingerprint density at radius 1 is 1.43 bits per heavy atom. The molecule has 6 nitrogen and oxygen atoms in total. The predicted octanol–water partition coefficient (Wildman–Crippen LogP) is 2.04. The van der Waals surface area contributed by atoms with Crippen LogP contribution in [-0.4, -0.2) is 21.8 Å².